The SMILES string of the molecule is CC[C@@H]1CN([C@H](C)c2nc(C)cc(=O)[nH]2)CCN1CC(F)F. The second-order valence-electron chi connectivity index (χ2n) is 5.89. The van der Waals surface area contributed by atoms with Gasteiger partial charge in [0.2, 0.25) is 0 Å². The van der Waals surface area contributed by atoms with Gasteiger partial charge in [0.15, 0.2) is 0 Å². The molecule has 0 amide bonds. The summed E-state index contributed by atoms with van der Waals surface area (Å²) in [5, 5.41) is 0. The molecule has 1 fully saturated rings. The highest BCUT2D eigenvalue weighted by atomic mass is 19.3. The molecule has 22 heavy (non-hydrogen) atoms. The van der Waals surface area contributed by atoms with E-state index in [2.05, 4.69) is 14.9 Å². The Morgan fingerprint density at radius 1 is 1.45 bits per heavy atom. The monoisotopic (exact) mass is 314 g/mol. The van der Waals surface area contributed by atoms with Crippen LogP contribution in [0.5, 0.6) is 0 Å². The minimum absolute atomic E-state index is 0.0321. The number of halogens is 2. The second kappa shape index (κ2) is 7.28. The van der Waals surface area contributed by atoms with Crippen LogP contribution in [0.2, 0.25) is 0 Å². The molecule has 5 nitrogen and oxygen atoms in total. The molecule has 1 N–H and O–H groups in total. The minimum atomic E-state index is -2.30. The van der Waals surface area contributed by atoms with Crippen molar-refractivity contribution in [2.45, 2.75) is 45.7 Å². The van der Waals surface area contributed by atoms with Crippen molar-refractivity contribution in [2.75, 3.05) is 26.2 Å². The van der Waals surface area contributed by atoms with E-state index in [1.165, 1.54) is 6.07 Å². The van der Waals surface area contributed by atoms with Gasteiger partial charge in [0.1, 0.15) is 5.82 Å². The lowest BCUT2D eigenvalue weighted by Gasteiger charge is -2.43. The highest BCUT2D eigenvalue weighted by Gasteiger charge is 2.30. The highest BCUT2D eigenvalue weighted by molar-refractivity contribution is 5.04. The molecule has 0 aromatic carbocycles. The van der Waals surface area contributed by atoms with Crippen LogP contribution < -0.4 is 5.56 Å². The van der Waals surface area contributed by atoms with Crippen molar-refractivity contribution in [3.63, 3.8) is 0 Å². The Labute approximate surface area is 129 Å². The van der Waals surface area contributed by atoms with Crippen molar-refractivity contribution < 1.29 is 8.78 Å². The predicted molar refractivity (Wildman–Crippen MR) is 81.2 cm³/mol. The number of hydrogen-bond acceptors (Lipinski definition) is 4. The number of hydrogen-bond donors (Lipinski definition) is 1. The third-order valence-electron chi connectivity index (χ3n) is 4.31. The van der Waals surface area contributed by atoms with Crippen LogP contribution in [0.4, 0.5) is 8.78 Å². The fourth-order valence-corrected chi connectivity index (χ4v) is 3.05. The maximum absolute atomic E-state index is 12.6. The number of nitrogens with one attached hydrogen (secondary N) is 1. The lowest BCUT2D eigenvalue weighted by atomic mass is 10.1. The van der Waals surface area contributed by atoms with Crippen molar-refractivity contribution in [1.82, 2.24) is 19.8 Å². The first-order valence-corrected chi connectivity index (χ1v) is 7.74. The summed E-state index contributed by atoms with van der Waals surface area (Å²) in [6.45, 7) is 7.66. The number of nitrogens with zero attached hydrogens (tertiary/aromatic N) is 3. The number of H-pyrrole nitrogens is 1. The van der Waals surface area contributed by atoms with Crippen LogP contribution in [-0.2, 0) is 0 Å². The maximum atomic E-state index is 12.6. The molecule has 0 radical (unpaired) electrons. The average molecular weight is 314 g/mol. The largest absolute Gasteiger partial charge is 0.309 e. The van der Waals surface area contributed by atoms with E-state index in [9.17, 15) is 13.6 Å². The molecule has 1 aliphatic heterocycles. The van der Waals surface area contributed by atoms with E-state index in [-0.39, 0.29) is 24.2 Å². The van der Waals surface area contributed by atoms with Crippen LogP contribution in [0.1, 0.15) is 37.8 Å². The molecule has 2 atom stereocenters. The van der Waals surface area contributed by atoms with Gasteiger partial charge in [-0.3, -0.25) is 14.6 Å². The Bertz CT molecular complexity index is 549. The molecule has 7 heteroatoms. The normalized spacial score (nSPS) is 22.2. The summed E-state index contributed by atoms with van der Waals surface area (Å²) in [7, 11) is 0. The number of alkyl halides is 2. The highest BCUT2D eigenvalue weighted by Crippen LogP contribution is 2.22. The van der Waals surface area contributed by atoms with E-state index in [0.29, 0.717) is 31.2 Å². The third kappa shape index (κ3) is 4.10. The van der Waals surface area contributed by atoms with Gasteiger partial charge >= 0.3 is 0 Å². The standard InChI is InChI=1S/C15H24F2N4O/c1-4-12-8-20(5-6-21(12)9-13(16)17)11(3)15-18-10(2)7-14(22)19-15/h7,11-13H,4-6,8-9H2,1-3H3,(H,18,19,22)/t11-,12-/m1/s1. The first kappa shape index (κ1) is 17.0. The van der Waals surface area contributed by atoms with Crippen molar-refractivity contribution in [3.05, 3.63) is 27.9 Å². The zero-order valence-corrected chi connectivity index (χ0v) is 13.4. The van der Waals surface area contributed by atoms with E-state index in [0.717, 1.165) is 6.42 Å². The van der Waals surface area contributed by atoms with E-state index in [4.69, 9.17) is 0 Å². The Morgan fingerprint density at radius 3 is 2.77 bits per heavy atom. The predicted octanol–water partition coefficient (Wildman–Crippen LogP) is 1.80. The molecule has 1 aromatic rings. The number of aromatic nitrogens is 2. The summed E-state index contributed by atoms with van der Waals surface area (Å²) in [6, 6.07) is 1.54. The summed E-state index contributed by atoms with van der Waals surface area (Å²) in [5.74, 6) is 0.641. The zero-order valence-electron chi connectivity index (χ0n) is 13.4. The van der Waals surface area contributed by atoms with Gasteiger partial charge in [-0.05, 0) is 20.3 Å². The molecule has 2 rings (SSSR count). The molecule has 0 unspecified atom stereocenters. The van der Waals surface area contributed by atoms with Crippen molar-refractivity contribution in [3.8, 4) is 0 Å². The molecule has 2 heterocycles. The van der Waals surface area contributed by atoms with Crippen LogP contribution in [-0.4, -0.2) is 58.4 Å². The van der Waals surface area contributed by atoms with E-state index >= 15 is 0 Å². The minimum Gasteiger partial charge on any atom is -0.309 e. The molecule has 0 spiro atoms. The van der Waals surface area contributed by atoms with Gasteiger partial charge in [0.05, 0.1) is 12.6 Å². The van der Waals surface area contributed by atoms with Gasteiger partial charge in [-0.15, -0.1) is 0 Å². The van der Waals surface area contributed by atoms with Crippen LogP contribution in [0.15, 0.2) is 10.9 Å². The van der Waals surface area contributed by atoms with E-state index < -0.39 is 6.43 Å². The van der Waals surface area contributed by atoms with Gasteiger partial charge in [-0.2, -0.15) is 0 Å². The van der Waals surface area contributed by atoms with E-state index in [1.807, 2.05) is 18.7 Å². The molecule has 0 aliphatic carbocycles. The maximum Gasteiger partial charge on any atom is 0.251 e. The molecule has 124 valence electrons. The molecule has 0 saturated carbocycles. The molecular weight excluding hydrogens is 290 g/mol. The second-order valence-corrected chi connectivity index (χ2v) is 5.89. The molecule has 1 saturated heterocycles. The van der Waals surface area contributed by atoms with Gasteiger partial charge in [0.25, 0.3) is 12.0 Å². The fourth-order valence-electron chi connectivity index (χ4n) is 3.05. The lowest BCUT2D eigenvalue weighted by molar-refractivity contribution is 0.00672. The average Bonchev–Trinajstić information content (AvgIpc) is 2.45. The van der Waals surface area contributed by atoms with Crippen molar-refractivity contribution in [2.24, 2.45) is 0 Å². The lowest BCUT2D eigenvalue weighted by Crippen LogP contribution is -2.54. The van der Waals surface area contributed by atoms with Crippen LogP contribution in [0, 0.1) is 6.92 Å². The van der Waals surface area contributed by atoms with Gasteiger partial charge in [-0.25, -0.2) is 13.8 Å². The molecule has 0 bridgehead atoms. The summed E-state index contributed by atoms with van der Waals surface area (Å²) >= 11 is 0. The third-order valence-corrected chi connectivity index (χ3v) is 4.31. The molecule has 1 aromatic heterocycles. The van der Waals surface area contributed by atoms with Crippen molar-refractivity contribution >= 4 is 0 Å². The summed E-state index contributed by atoms with van der Waals surface area (Å²) < 4.78 is 25.3. The van der Waals surface area contributed by atoms with Crippen LogP contribution in [0.25, 0.3) is 0 Å². The topological polar surface area (TPSA) is 52.2 Å². The Hall–Kier alpha value is -1.34. The van der Waals surface area contributed by atoms with Crippen LogP contribution in [0.3, 0.4) is 0 Å². The van der Waals surface area contributed by atoms with Gasteiger partial charge < -0.3 is 4.98 Å². The van der Waals surface area contributed by atoms with Crippen molar-refractivity contribution in [1.29, 1.82) is 0 Å². The Morgan fingerprint density at radius 2 is 2.18 bits per heavy atom. The van der Waals surface area contributed by atoms with Gasteiger partial charge in [-0.1, -0.05) is 6.92 Å². The summed E-state index contributed by atoms with van der Waals surface area (Å²) in [6.07, 6.45) is -1.47. The number of piperazine rings is 1. The first-order valence-electron chi connectivity index (χ1n) is 7.74. The first-order chi connectivity index (χ1) is 10.4. The Kier molecular flexibility index (Phi) is 5.63. The zero-order chi connectivity index (χ0) is 16.3. The molecule has 1 aliphatic rings. The summed E-state index contributed by atoms with van der Waals surface area (Å²) in [5.41, 5.74) is 0.534. The number of aromatic amines is 1. The fraction of sp³-hybridized carbons (Fsp3) is 0.733. The Balaban J connectivity index is 2.08. The van der Waals surface area contributed by atoms with Crippen LogP contribution >= 0.6 is 0 Å². The summed E-state index contributed by atoms with van der Waals surface area (Å²) in [4.78, 5) is 22.8. The molecular formula is C15H24F2N4O. The van der Waals surface area contributed by atoms with Gasteiger partial charge in [0, 0.05) is 37.4 Å². The number of aryl methyl sites for hydroxylation is 1. The smallest absolute Gasteiger partial charge is 0.251 e. The number of rotatable bonds is 5. The quantitative estimate of drug-likeness (QED) is 0.900. The van der Waals surface area contributed by atoms with E-state index in [1.54, 1.807) is 6.92 Å².